The fourth-order valence-electron chi connectivity index (χ4n) is 14.3. The molecule has 2 spiro atoms. The third-order valence-electron chi connectivity index (χ3n) is 14.4. The van der Waals surface area contributed by atoms with Gasteiger partial charge >= 0.3 is 0 Å². The molecule has 12 unspecified atom stereocenters. The zero-order valence-corrected chi connectivity index (χ0v) is 15.7. The molecule has 0 radical (unpaired) electrons. The molecule has 0 aromatic rings. The van der Waals surface area contributed by atoms with Crippen LogP contribution in [0.4, 0.5) is 0 Å². The lowest BCUT2D eigenvalue weighted by Crippen LogP contribution is -3.01. The molecule has 8 aliphatic carbocycles. The second kappa shape index (κ2) is 2.26. The first-order chi connectivity index (χ1) is 10.0. The average Bonchev–Trinajstić information content (AvgIpc) is 2.77. The first kappa shape index (κ1) is 12.4. The molecule has 0 aliphatic heterocycles. The Kier molecular flexibility index (Phi) is 1.27. The van der Waals surface area contributed by atoms with E-state index in [1.165, 1.54) is 0 Å². The lowest BCUT2D eigenvalue weighted by Gasteiger charge is -3.04. The zero-order chi connectivity index (χ0) is 15.7. The van der Waals surface area contributed by atoms with Crippen LogP contribution in [0.1, 0.15) is 61.8 Å². The van der Waals surface area contributed by atoms with Gasteiger partial charge in [0.1, 0.15) is 0 Å². The Hall–Kier alpha value is 0. The molecule has 4 bridgehead atoms. The van der Waals surface area contributed by atoms with E-state index in [0.717, 1.165) is 46.3 Å². The molecule has 0 heteroatoms. The highest BCUT2D eigenvalue weighted by Gasteiger charge is 3.18. The molecule has 0 aromatic heterocycles. The lowest BCUT2D eigenvalue weighted by atomic mass is 8.99. The van der Waals surface area contributed by atoms with Crippen LogP contribution in [0.25, 0.3) is 0 Å². The summed E-state index contributed by atoms with van der Waals surface area (Å²) in [6.07, 6.45) is 1.61. The molecule has 0 N–H and O–H groups in total. The summed E-state index contributed by atoms with van der Waals surface area (Å²) in [5, 5.41) is 0. The van der Waals surface area contributed by atoms with Gasteiger partial charge in [-0.2, -0.15) is 0 Å². The Morgan fingerprint density at radius 3 is 1.95 bits per heavy atom. The largest absolute Gasteiger partial charge is 0.0617 e. The fourth-order valence-corrected chi connectivity index (χ4v) is 14.3. The van der Waals surface area contributed by atoms with Crippen molar-refractivity contribution in [2.45, 2.75) is 61.8 Å². The van der Waals surface area contributed by atoms with E-state index in [1.807, 2.05) is 0 Å². The van der Waals surface area contributed by atoms with Crippen LogP contribution in [0.5, 0.6) is 0 Å². The minimum Gasteiger partial charge on any atom is -0.0617 e. The van der Waals surface area contributed by atoms with Crippen molar-refractivity contribution >= 4 is 0 Å². The molecule has 0 amide bonds. The van der Waals surface area contributed by atoms with E-state index in [4.69, 9.17) is 0 Å². The molecular weight excluding hydrogens is 264 g/mol. The Balaban J connectivity index is 1.68. The van der Waals surface area contributed by atoms with Gasteiger partial charge in [0.2, 0.25) is 0 Å². The molecule has 8 rings (SSSR count). The van der Waals surface area contributed by atoms with Crippen molar-refractivity contribution in [2.24, 2.45) is 73.4 Å². The van der Waals surface area contributed by atoms with Gasteiger partial charge in [0, 0.05) is 0 Å². The van der Waals surface area contributed by atoms with Crippen molar-refractivity contribution in [3.63, 3.8) is 0 Å². The Morgan fingerprint density at radius 1 is 0.682 bits per heavy atom. The van der Waals surface area contributed by atoms with Crippen LogP contribution in [0.2, 0.25) is 0 Å². The summed E-state index contributed by atoms with van der Waals surface area (Å²) >= 11 is 0. The van der Waals surface area contributed by atoms with Crippen LogP contribution in [0, 0.1) is 73.4 Å². The number of rotatable bonds is 0. The fraction of sp³-hybridized carbons (Fsp3) is 1.00. The predicted octanol–water partition coefficient (Wildman–Crippen LogP) is 5.23. The smallest absolute Gasteiger partial charge is 0.00692 e. The minimum atomic E-state index is 0.523. The average molecular weight is 296 g/mol. The van der Waals surface area contributed by atoms with Crippen LogP contribution in [-0.4, -0.2) is 0 Å². The molecule has 22 heavy (non-hydrogen) atoms. The Morgan fingerprint density at radius 2 is 1.32 bits per heavy atom. The van der Waals surface area contributed by atoms with Crippen molar-refractivity contribution < 1.29 is 0 Å². The molecule has 120 valence electrons. The first-order valence-electron chi connectivity index (χ1n) is 10.0. The maximum Gasteiger partial charge on any atom is -0.00692 e. The van der Waals surface area contributed by atoms with Crippen molar-refractivity contribution in [1.82, 2.24) is 0 Å². The third kappa shape index (κ3) is 0.441. The predicted molar refractivity (Wildman–Crippen MR) is 88.0 cm³/mol. The number of hydrogen-bond acceptors (Lipinski definition) is 0. The molecule has 8 fully saturated rings. The maximum absolute atomic E-state index is 2.80. The van der Waals surface area contributed by atoms with Crippen molar-refractivity contribution in [2.75, 3.05) is 0 Å². The second-order valence-corrected chi connectivity index (χ2v) is 12.1. The van der Waals surface area contributed by atoms with E-state index in [1.54, 1.807) is 6.42 Å². The van der Waals surface area contributed by atoms with Crippen LogP contribution in [0.15, 0.2) is 0 Å². The third-order valence-corrected chi connectivity index (χ3v) is 14.4. The van der Waals surface area contributed by atoms with Gasteiger partial charge in [-0.05, 0) is 79.8 Å². The Labute approximate surface area is 135 Å². The van der Waals surface area contributed by atoms with Crippen LogP contribution in [0.3, 0.4) is 0 Å². The van der Waals surface area contributed by atoms with Gasteiger partial charge in [0.05, 0.1) is 0 Å². The quantitative estimate of drug-likeness (QED) is 0.574. The van der Waals surface area contributed by atoms with E-state index in [2.05, 4.69) is 55.4 Å². The summed E-state index contributed by atoms with van der Waals surface area (Å²) in [7, 11) is 0. The molecular formula is C22H32. The van der Waals surface area contributed by atoms with E-state index < -0.39 is 0 Å². The van der Waals surface area contributed by atoms with Crippen LogP contribution >= 0.6 is 0 Å². The highest BCUT2D eigenvalue weighted by molar-refractivity contribution is 5.63. The summed E-state index contributed by atoms with van der Waals surface area (Å²) < 4.78 is 0. The van der Waals surface area contributed by atoms with Gasteiger partial charge in [-0.1, -0.05) is 55.4 Å². The highest BCUT2D eigenvalue weighted by atomic mass is 15.2. The molecule has 0 aromatic carbocycles. The van der Waals surface area contributed by atoms with Crippen molar-refractivity contribution in [3.05, 3.63) is 0 Å². The van der Waals surface area contributed by atoms with E-state index >= 15 is 0 Å². The molecule has 0 heterocycles. The lowest BCUT2D eigenvalue weighted by molar-refractivity contribution is -0.583. The van der Waals surface area contributed by atoms with Crippen molar-refractivity contribution in [3.8, 4) is 0 Å². The van der Waals surface area contributed by atoms with Gasteiger partial charge in [0.15, 0.2) is 0 Å². The van der Waals surface area contributed by atoms with Gasteiger partial charge in [0.25, 0.3) is 0 Å². The first-order valence-corrected chi connectivity index (χ1v) is 10.0. The zero-order valence-electron chi connectivity index (χ0n) is 15.7. The summed E-state index contributed by atoms with van der Waals surface area (Å²) in [5.41, 5.74) is 4.55. The topological polar surface area (TPSA) is 0 Å². The summed E-state index contributed by atoms with van der Waals surface area (Å²) in [6, 6.07) is 0. The maximum atomic E-state index is 2.80. The van der Waals surface area contributed by atoms with E-state index in [-0.39, 0.29) is 0 Å². The van der Waals surface area contributed by atoms with Crippen LogP contribution < -0.4 is 0 Å². The summed E-state index contributed by atoms with van der Waals surface area (Å²) in [6.45, 7) is 21.7. The summed E-state index contributed by atoms with van der Waals surface area (Å²) in [4.78, 5) is 0. The SMILES string of the molecule is CC1C2CC3C4C5C(C)C6(C)C(C)(C)C5(C)C5(C)C1(C)C23C465. The normalized spacial score (nSPS) is 88.4. The van der Waals surface area contributed by atoms with E-state index in [9.17, 15) is 0 Å². The number of hydrogen-bond donors (Lipinski definition) is 0. The van der Waals surface area contributed by atoms with E-state index in [0.29, 0.717) is 27.1 Å². The van der Waals surface area contributed by atoms with Gasteiger partial charge < -0.3 is 0 Å². The van der Waals surface area contributed by atoms with Gasteiger partial charge in [-0.15, -0.1) is 0 Å². The standard InChI is InChI=1S/C22H32/c1-10-12-9-13-15-14-11(2)17(5)16(3,4)19(14,7)20(8)18(10,6)21(12,13)22(15,17)20/h10-15H,9H2,1-8H3. The monoisotopic (exact) mass is 296 g/mol. The van der Waals surface area contributed by atoms with Gasteiger partial charge in [-0.3, -0.25) is 0 Å². The molecule has 8 saturated carbocycles. The molecule has 0 nitrogen and oxygen atoms in total. The van der Waals surface area contributed by atoms with Gasteiger partial charge in [-0.25, -0.2) is 0 Å². The van der Waals surface area contributed by atoms with Crippen LogP contribution in [-0.2, 0) is 0 Å². The summed E-state index contributed by atoms with van der Waals surface area (Å²) in [5.74, 6) is 6.35. The van der Waals surface area contributed by atoms with Crippen molar-refractivity contribution in [1.29, 1.82) is 0 Å². The highest BCUT2D eigenvalue weighted by Crippen LogP contribution is 3.21. The minimum absolute atomic E-state index is 0.523. The second-order valence-electron chi connectivity index (χ2n) is 12.1. The Bertz CT molecular complexity index is 720. The molecule has 8 aliphatic rings. The molecule has 12 atom stereocenters. The molecule has 0 saturated heterocycles.